The highest BCUT2D eigenvalue weighted by Gasteiger charge is 2.41. The molecule has 0 fully saturated rings. The second-order valence-corrected chi connectivity index (χ2v) is 6.61. The van der Waals surface area contributed by atoms with E-state index in [-0.39, 0.29) is 11.5 Å². The van der Waals surface area contributed by atoms with Gasteiger partial charge in [-0.3, -0.25) is 4.79 Å². The first-order chi connectivity index (χ1) is 6.01. The summed E-state index contributed by atoms with van der Waals surface area (Å²) in [5.41, 5.74) is -0.303. The molecule has 0 radical (unpaired) electrons. The van der Waals surface area contributed by atoms with Crippen LogP contribution in [0.3, 0.4) is 0 Å². The molecule has 78 valence electrons. The maximum atomic E-state index is 11.4. The molecule has 0 heterocycles. The Labute approximate surface area is 80.4 Å². The molecular formula is C8H18O4Si. The Morgan fingerprint density at radius 1 is 1.38 bits per heavy atom. The number of hydrogen-bond donors (Lipinski definition) is 0. The van der Waals surface area contributed by atoms with Crippen LogP contribution in [-0.4, -0.2) is 35.4 Å². The van der Waals surface area contributed by atoms with Gasteiger partial charge in [0.1, 0.15) is 0 Å². The highest BCUT2D eigenvalue weighted by Crippen LogP contribution is 2.23. The third-order valence-corrected chi connectivity index (χ3v) is 5.67. The van der Waals surface area contributed by atoms with Gasteiger partial charge in [0.05, 0.1) is 12.1 Å². The maximum absolute atomic E-state index is 11.4. The minimum atomic E-state index is -2.38. The molecule has 0 spiro atoms. The van der Waals surface area contributed by atoms with Crippen LogP contribution in [0.5, 0.6) is 0 Å². The molecule has 4 nitrogen and oxygen atoms in total. The van der Waals surface area contributed by atoms with Crippen LogP contribution in [0.25, 0.3) is 0 Å². The molecule has 0 N–H and O–H groups in total. The molecule has 0 aromatic carbocycles. The van der Waals surface area contributed by atoms with Crippen LogP contribution in [-0.2, 0) is 18.4 Å². The van der Waals surface area contributed by atoms with Crippen molar-refractivity contribution in [3.8, 4) is 0 Å². The third-order valence-electron chi connectivity index (χ3n) is 2.24. The topological polar surface area (TPSA) is 44.8 Å². The summed E-state index contributed by atoms with van der Waals surface area (Å²) in [6.07, 6.45) is 0. The van der Waals surface area contributed by atoms with Crippen molar-refractivity contribution in [2.24, 2.45) is 0 Å². The van der Waals surface area contributed by atoms with Crippen LogP contribution < -0.4 is 0 Å². The Hall–Kier alpha value is -0.393. The van der Waals surface area contributed by atoms with Gasteiger partial charge in [-0.05, 0) is 20.4 Å². The Morgan fingerprint density at radius 2 is 1.85 bits per heavy atom. The number of carbonyl (C=O) groups excluding carboxylic acids is 1. The van der Waals surface area contributed by atoms with Crippen LogP contribution in [0.1, 0.15) is 13.8 Å². The van der Waals surface area contributed by atoms with Crippen LogP contribution in [0.4, 0.5) is 0 Å². The second-order valence-electron chi connectivity index (χ2n) is 2.90. The van der Waals surface area contributed by atoms with Gasteiger partial charge in [0.25, 0.3) is 0 Å². The summed E-state index contributed by atoms with van der Waals surface area (Å²) >= 11 is 0. The summed E-state index contributed by atoms with van der Waals surface area (Å²) in [5.74, 6) is -0.250. The second kappa shape index (κ2) is 5.36. The first kappa shape index (κ1) is 12.6. The van der Waals surface area contributed by atoms with Crippen molar-refractivity contribution < 1.29 is 18.4 Å². The predicted molar refractivity (Wildman–Crippen MR) is 51.7 cm³/mol. The van der Waals surface area contributed by atoms with Crippen molar-refractivity contribution in [2.75, 3.05) is 20.8 Å². The first-order valence-electron chi connectivity index (χ1n) is 4.28. The summed E-state index contributed by atoms with van der Waals surface area (Å²) in [6, 6.07) is 0. The Bertz CT molecular complexity index is 168. The van der Waals surface area contributed by atoms with Gasteiger partial charge in [0.15, 0.2) is 0 Å². The molecule has 0 aliphatic rings. The molecule has 0 amide bonds. The molecule has 0 aromatic rings. The van der Waals surface area contributed by atoms with Gasteiger partial charge in [-0.2, -0.15) is 0 Å². The molecule has 13 heavy (non-hydrogen) atoms. The van der Waals surface area contributed by atoms with Crippen molar-refractivity contribution in [3.05, 3.63) is 0 Å². The largest absolute Gasteiger partial charge is 0.466 e. The molecule has 0 saturated carbocycles. The standard InChI is InChI=1S/C8H18O4Si/c1-6-12-8(9)7(2)13(5,10-3)11-4/h7H,6H2,1-5H3. The average Bonchev–Trinajstić information content (AvgIpc) is 2.16. The van der Waals surface area contributed by atoms with E-state index in [9.17, 15) is 4.79 Å². The number of carbonyl (C=O) groups is 1. The fourth-order valence-electron chi connectivity index (χ4n) is 0.918. The summed E-state index contributed by atoms with van der Waals surface area (Å²) in [5, 5.41) is 0. The number of rotatable bonds is 5. The van der Waals surface area contributed by atoms with E-state index >= 15 is 0 Å². The van der Waals surface area contributed by atoms with E-state index in [1.165, 1.54) is 0 Å². The quantitative estimate of drug-likeness (QED) is 0.502. The van der Waals surface area contributed by atoms with E-state index in [0.717, 1.165) is 0 Å². The number of esters is 1. The molecule has 0 saturated heterocycles. The smallest absolute Gasteiger partial charge is 0.348 e. The van der Waals surface area contributed by atoms with E-state index in [2.05, 4.69) is 0 Å². The van der Waals surface area contributed by atoms with Gasteiger partial charge in [0.2, 0.25) is 0 Å². The normalized spacial score (nSPS) is 13.9. The van der Waals surface area contributed by atoms with Gasteiger partial charge >= 0.3 is 14.5 Å². The zero-order valence-corrected chi connectivity index (χ0v) is 9.92. The average molecular weight is 206 g/mol. The molecule has 5 heteroatoms. The zero-order valence-electron chi connectivity index (χ0n) is 8.92. The highest BCUT2D eigenvalue weighted by atomic mass is 28.4. The molecule has 1 atom stereocenters. The lowest BCUT2D eigenvalue weighted by Gasteiger charge is -2.27. The summed E-state index contributed by atoms with van der Waals surface area (Å²) in [4.78, 5) is 11.4. The first-order valence-corrected chi connectivity index (χ1v) is 6.68. The van der Waals surface area contributed by atoms with Gasteiger partial charge in [-0.1, -0.05) is 0 Å². The lowest BCUT2D eigenvalue weighted by molar-refractivity contribution is -0.143. The van der Waals surface area contributed by atoms with Crippen LogP contribution in [0.2, 0.25) is 12.1 Å². The summed E-state index contributed by atoms with van der Waals surface area (Å²) in [6.45, 7) is 5.79. The van der Waals surface area contributed by atoms with Crippen molar-refractivity contribution in [1.82, 2.24) is 0 Å². The number of hydrogen-bond acceptors (Lipinski definition) is 4. The van der Waals surface area contributed by atoms with Gasteiger partial charge in [-0.15, -0.1) is 0 Å². The maximum Gasteiger partial charge on any atom is 0.348 e. The van der Waals surface area contributed by atoms with Crippen LogP contribution in [0.15, 0.2) is 0 Å². The molecule has 1 unspecified atom stereocenters. The number of ether oxygens (including phenoxy) is 1. The predicted octanol–water partition coefficient (Wildman–Crippen LogP) is 1.30. The molecule has 0 aliphatic heterocycles. The Kier molecular flexibility index (Phi) is 5.20. The fourth-order valence-corrected chi connectivity index (χ4v) is 2.30. The van der Waals surface area contributed by atoms with Gasteiger partial charge in [-0.25, -0.2) is 0 Å². The molecule has 0 aliphatic carbocycles. The minimum absolute atomic E-state index is 0.250. The van der Waals surface area contributed by atoms with E-state index in [1.807, 2.05) is 6.55 Å². The SMILES string of the molecule is CCOC(=O)C(C)[Si](C)(OC)OC. The lowest BCUT2D eigenvalue weighted by atomic mass is 10.5. The van der Waals surface area contributed by atoms with Crippen molar-refractivity contribution in [3.63, 3.8) is 0 Å². The van der Waals surface area contributed by atoms with E-state index in [1.54, 1.807) is 28.1 Å². The van der Waals surface area contributed by atoms with E-state index in [4.69, 9.17) is 13.6 Å². The fraction of sp³-hybridized carbons (Fsp3) is 0.875. The van der Waals surface area contributed by atoms with Gasteiger partial charge < -0.3 is 13.6 Å². The summed E-state index contributed by atoms with van der Waals surface area (Å²) < 4.78 is 15.4. The van der Waals surface area contributed by atoms with E-state index in [0.29, 0.717) is 6.61 Å². The van der Waals surface area contributed by atoms with E-state index < -0.39 is 8.56 Å². The van der Waals surface area contributed by atoms with Crippen molar-refractivity contribution in [1.29, 1.82) is 0 Å². The van der Waals surface area contributed by atoms with Crippen molar-refractivity contribution in [2.45, 2.75) is 25.9 Å². The van der Waals surface area contributed by atoms with Crippen LogP contribution in [0, 0.1) is 0 Å². The van der Waals surface area contributed by atoms with Crippen molar-refractivity contribution >= 4 is 14.5 Å². The molecule has 0 aromatic heterocycles. The zero-order chi connectivity index (χ0) is 10.5. The molecular weight excluding hydrogens is 188 g/mol. The Balaban J connectivity index is 4.36. The van der Waals surface area contributed by atoms with Gasteiger partial charge in [0, 0.05) is 14.2 Å². The third kappa shape index (κ3) is 3.09. The minimum Gasteiger partial charge on any atom is -0.466 e. The van der Waals surface area contributed by atoms with Crippen LogP contribution >= 0.6 is 0 Å². The molecule has 0 rings (SSSR count). The monoisotopic (exact) mass is 206 g/mol. The molecule has 0 bridgehead atoms. The summed E-state index contributed by atoms with van der Waals surface area (Å²) in [7, 11) is 0.746. The highest BCUT2D eigenvalue weighted by molar-refractivity contribution is 6.70. The lowest BCUT2D eigenvalue weighted by Crippen LogP contribution is -2.44. The Morgan fingerprint density at radius 3 is 2.15 bits per heavy atom.